The number of ether oxygens (including phenoxy) is 1. The average molecular weight is 405 g/mol. The maximum absolute atomic E-state index is 12.0. The quantitative estimate of drug-likeness (QED) is 0.606. The Morgan fingerprint density at radius 3 is 2.46 bits per heavy atom. The minimum Gasteiger partial charge on any atom is -1.00 e. The van der Waals surface area contributed by atoms with E-state index in [0.29, 0.717) is 17.9 Å². The Labute approximate surface area is 165 Å². The predicted molar refractivity (Wildman–Crippen MR) is 104 cm³/mol. The fourth-order valence-electron chi connectivity index (χ4n) is 3.67. The third kappa shape index (κ3) is 6.32. The summed E-state index contributed by atoms with van der Waals surface area (Å²) in [5.41, 5.74) is 1.70. The largest absolute Gasteiger partial charge is 1.00 e. The standard InChI is InChI=1S/C19H33N2O3S.ClH/c1-5-14-25(22,23)20-18-11-10-16(15-19(18)24-4)12-13-21(2,3)17-8-6-7-9-17;/h10-11,15,17,20H,5-9,12-14H2,1-4H3;1H/q+1;/p-1. The number of hydrogen-bond donors (Lipinski definition) is 1. The topological polar surface area (TPSA) is 55.4 Å². The van der Waals surface area contributed by atoms with Crippen LogP contribution in [0, 0.1) is 0 Å². The number of rotatable bonds is 9. The first-order valence-corrected chi connectivity index (χ1v) is 10.9. The smallest absolute Gasteiger partial charge is 0.232 e. The second-order valence-corrected chi connectivity index (χ2v) is 9.49. The van der Waals surface area contributed by atoms with Crippen LogP contribution in [0.5, 0.6) is 5.75 Å². The third-order valence-electron chi connectivity index (χ3n) is 5.29. The van der Waals surface area contributed by atoms with E-state index in [1.54, 1.807) is 7.11 Å². The molecule has 1 aromatic carbocycles. The first-order chi connectivity index (χ1) is 11.8. The molecule has 0 aromatic heterocycles. The lowest BCUT2D eigenvalue weighted by molar-refractivity contribution is -0.914. The maximum Gasteiger partial charge on any atom is 0.232 e. The van der Waals surface area contributed by atoms with Gasteiger partial charge in [0.2, 0.25) is 10.0 Å². The highest BCUT2D eigenvalue weighted by Gasteiger charge is 2.30. The van der Waals surface area contributed by atoms with E-state index < -0.39 is 10.0 Å². The molecule has 1 aliphatic carbocycles. The molecular formula is C19H33ClN2O3S. The number of nitrogens with one attached hydrogen (secondary N) is 1. The van der Waals surface area contributed by atoms with Crippen LogP contribution in [0.15, 0.2) is 18.2 Å². The van der Waals surface area contributed by atoms with Crippen molar-refractivity contribution < 1.29 is 30.0 Å². The second kappa shape index (κ2) is 9.81. The molecule has 0 spiro atoms. The Morgan fingerprint density at radius 2 is 1.88 bits per heavy atom. The van der Waals surface area contributed by atoms with Crippen LogP contribution >= 0.6 is 0 Å². The van der Waals surface area contributed by atoms with Gasteiger partial charge in [0.25, 0.3) is 0 Å². The van der Waals surface area contributed by atoms with Crippen LogP contribution in [0.1, 0.15) is 44.6 Å². The minimum absolute atomic E-state index is 0. The molecule has 1 N–H and O–H groups in total. The Morgan fingerprint density at radius 1 is 1.23 bits per heavy atom. The summed E-state index contributed by atoms with van der Waals surface area (Å²) in [6.45, 7) is 2.93. The van der Waals surface area contributed by atoms with Gasteiger partial charge in [0, 0.05) is 6.42 Å². The number of nitrogens with zero attached hydrogens (tertiary/aromatic N) is 1. The molecule has 2 rings (SSSR count). The number of hydrogen-bond acceptors (Lipinski definition) is 3. The molecule has 1 aromatic rings. The third-order valence-corrected chi connectivity index (χ3v) is 6.77. The van der Waals surface area contributed by atoms with Gasteiger partial charge in [-0.05, 0) is 49.8 Å². The van der Waals surface area contributed by atoms with Gasteiger partial charge in [0.15, 0.2) is 0 Å². The number of anilines is 1. The number of halogens is 1. The molecule has 5 nitrogen and oxygen atoms in total. The fourth-order valence-corrected chi connectivity index (χ4v) is 4.81. The fraction of sp³-hybridized carbons (Fsp3) is 0.684. The van der Waals surface area contributed by atoms with E-state index in [4.69, 9.17) is 4.74 Å². The molecule has 0 aliphatic heterocycles. The van der Waals surface area contributed by atoms with Crippen molar-refractivity contribution in [3.63, 3.8) is 0 Å². The molecule has 0 atom stereocenters. The summed E-state index contributed by atoms with van der Waals surface area (Å²) in [7, 11) is 2.91. The van der Waals surface area contributed by atoms with Crippen LogP contribution in [-0.2, 0) is 16.4 Å². The van der Waals surface area contributed by atoms with Crippen molar-refractivity contribution in [1.82, 2.24) is 0 Å². The Bertz CT molecular complexity index is 671. The van der Waals surface area contributed by atoms with E-state index in [1.165, 1.54) is 31.2 Å². The average Bonchev–Trinajstić information content (AvgIpc) is 3.09. The van der Waals surface area contributed by atoms with Gasteiger partial charge in [-0.15, -0.1) is 0 Å². The highest BCUT2D eigenvalue weighted by Crippen LogP contribution is 2.29. The minimum atomic E-state index is -3.31. The molecule has 0 unspecified atom stereocenters. The lowest BCUT2D eigenvalue weighted by Crippen LogP contribution is -3.00. The molecule has 0 radical (unpaired) electrons. The Balaban J connectivity index is 0.00000338. The van der Waals surface area contributed by atoms with E-state index >= 15 is 0 Å². The van der Waals surface area contributed by atoms with Crippen LogP contribution in [0.4, 0.5) is 5.69 Å². The van der Waals surface area contributed by atoms with Crippen molar-refractivity contribution >= 4 is 15.7 Å². The predicted octanol–water partition coefficient (Wildman–Crippen LogP) is 0.412. The SMILES string of the molecule is CCCS(=O)(=O)Nc1ccc(CC[N+](C)(C)C2CCCC2)cc1OC.[Cl-]. The lowest BCUT2D eigenvalue weighted by Gasteiger charge is -2.36. The zero-order valence-electron chi connectivity index (χ0n) is 16.4. The zero-order chi connectivity index (χ0) is 18.5. The molecule has 0 saturated heterocycles. The lowest BCUT2D eigenvalue weighted by atomic mass is 10.1. The van der Waals surface area contributed by atoms with Crippen LogP contribution in [0.25, 0.3) is 0 Å². The van der Waals surface area contributed by atoms with E-state index in [0.717, 1.165) is 23.5 Å². The monoisotopic (exact) mass is 404 g/mol. The molecule has 1 saturated carbocycles. The summed E-state index contributed by atoms with van der Waals surface area (Å²) in [5, 5.41) is 0. The molecule has 0 bridgehead atoms. The van der Waals surface area contributed by atoms with E-state index in [9.17, 15) is 8.42 Å². The van der Waals surface area contributed by atoms with E-state index in [-0.39, 0.29) is 18.2 Å². The van der Waals surface area contributed by atoms with Crippen molar-refractivity contribution in [2.75, 3.05) is 38.2 Å². The summed E-state index contributed by atoms with van der Waals surface area (Å²) >= 11 is 0. The van der Waals surface area contributed by atoms with Crippen molar-refractivity contribution in [1.29, 1.82) is 0 Å². The molecule has 7 heteroatoms. The molecule has 0 heterocycles. The molecule has 150 valence electrons. The van der Waals surface area contributed by atoms with Gasteiger partial charge in [0.1, 0.15) is 5.75 Å². The van der Waals surface area contributed by atoms with Gasteiger partial charge >= 0.3 is 0 Å². The van der Waals surface area contributed by atoms with Crippen molar-refractivity contribution in [2.45, 2.75) is 51.5 Å². The van der Waals surface area contributed by atoms with Gasteiger partial charge < -0.3 is 21.6 Å². The van der Waals surface area contributed by atoms with Crippen molar-refractivity contribution in [2.24, 2.45) is 0 Å². The van der Waals surface area contributed by atoms with Crippen LogP contribution in [0.3, 0.4) is 0 Å². The summed E-state index contributed by atoms with van der Waals surface area (Å²) in [6.07, 6.45) is 6.91. The number of sulfonamides is 1. The van der Waals surface area contributed by atoms with Crippen LogP contribution in [0.2, 0.25) is 0 Å². The van der Waals surface area contributed by atoms with E-state index in [2.05, 4.69) is 18.8 Å². The van der Waals surface area contributed by atoms with Gasteiger partial charge in [-0.1, -0.05) is 13.0 Å². The number of quaternary nitrogens is 1. The maximum atomic E-state index is 12.0. The van der Waals surface area contributed by atoms with Gasteiger partial charge in [0.05, 0.1) is 45.2 Å². The first kappa shape index (κ1) is 23.1. The highest BCUT2D eigenvalue weighted by atomic mass is 35.5. The summed E-state index contributed by atoms with van der Waals surface area (Å²) in [6, 6.07) is 6.54. The molecule has 0 amide bonds. The Hall–Kier alpha value is -0.980. The summed E-state index contributed by atoms with van der Waals surface area (Å²) in [4.78, 5) is 0. The number of methoxy groups -OCH3 is 1. The number of likely N-dealkylation sites (N-methyl/N-ethyl adjacent to an activating group) is 1. The van der Waals surface area contributed by atoms with Gasteiger partial charge in [-0.2, -0.15) is 0 Å². The molecule has 1 fully saturated rings. The van der Waals surface area contributed by atoms with Crippen molar-refractivity contribution in [3.8, 4) is 5.75 Å². The molecule has 1 aliphatic rings. The van der Waals surface area contributed by atoms with E-state index in [1.807, 2.05) is 25.1 Å². The molecule has 26 heavy (non-hydrogen) atoms. The summed E-state index contributed by atoms with van der Waals surface area (Å²) in [5.74, 6) is 0.702. The zero-order valence-corrected chi connectivity index (χ0v) is 18.0. The molecular weight excluding hydrogens is 372 g/mol. The normalized spacial score (nSPS) is 15.5. The Kier molecular flexibility index (Phi) is 8.70. The van der Waals surface area contributed by atoms with Crippen LogP contribution in [-0.4, -0.2) is 52.4 Å². The van der Waals surface area contributed by atoms with Gasteiger partial charge in [-0.25, -0.2) is 8.42 Å². The first-order valence-electron chi connectivity index (χ1n) is 9.27. The highest BCUT2D eigenvalue weighted by molar-refractivity contribution is 7.92. The summed E-state index contributed by atoms with van der Waals surface area (Å²) < 4.78 is 33.1. The van der Waals surface area contributed by atoms with Crippen LogP contribution < -0.4 is 21.9 Å². The van der Waals surface area contributed by atoms with Crippen molar-refractivity contribution in [3.05, 3.63) is 23.8 Å². The number of benzene rings is 1. The second-order valence-electron chi connectivity index (χ2n) is 7.65. The van der Waals surface area contributed by atoms with Gasteiger partial charge in [-0.3, -0.25) is 4.72 Å².